The van der Waals surface area contributed by atoms with Crippen LogP contribution in [0.1, 0.15) is 38.2 Å². The third-order valence-corrected chi connectivity index (χ3v) is 4.53. The summed E-state index contributed by atoms with van der Waals surface area (Å²) in [6, 6.07) is 9.59. The number of amides is 1. The average Bonchev–Trinajstić information content (AvgIpc) is 2.78. The highest BCUT2D eigenvalue weighted by molar-refractivity contribution is 6.03. The number of carbonyl (C=O) groups is 1. The first-order valence-corrected chi connectivity index (χ1v) is 10.1. The van der Waals surface area contributed by atoms with Crippen molar-refractivity contribution in [3.8, 4) is 17.2 Å². The largest absolute Gasteiger partial charge is 0.496 e. The van der Waals surface area contributed by atoms with Gasteiger partial charge in [-0.3, -0.25) is 14.9 Å². The number of hydrogen-bond donors (Lipinski definition) is 1. The van der Waals surface area contributed by atoms with Crippen molar-refractivity contribution in [3.63, 3.8) is 0 Å². The fourth-order valence-corrected chi connectivity index (χ4v) is 2.86. The minimum absolute atomic E-state index is 0.0878. The number of unbranched alkanes of at least 4 members (excludes halogenated alkanes) is 3. The van der Waals surface area contributed by atoms with Gasteiger partial charge in [0, 0.05) is 6.08 Å². The lowest BCUT2D eigenvalue weighted by Gasteiger charge is -2.11. The molecule has 8 nitrogen and oxygen atoms in total. The first-order valence-electron chi connectivity index (χ1n) is 10.1. The minimum Gasteiger partial charge on any atom is -0.496 e. The topological polar surface area (TPSA) is 99.9 Å². The second-order valence-corrected chi connectivity index (χ2v) is 6.78. The third-order valence-electron chi connectivity index (χ3n) is 4.53. The summed E-state index contributed by atoms with van der Waals surface area (Å²) in [5.74, 6) is 1.06. The maximum absolute atomic E-state index is 12.3. The summed E-state index contributed by atoms with van der Waals surface area (Å²) >= 11 is 0. The van der Waals surface area contributed by atoms with E-state index in [0.717, 1.165) is 18.4 Å². The van der Waals surface area contributed by atoms with Crippen molar-refractivity contribution in [2.45, 2.75) is 32.6 Å². The summed E-state index contributed by atoms with van der Waals surface area (Å²) in [6.07, 6.45) is 7.36. The number of ether oxygens (including phenoxy) is 3. The number of benzene rings is 2. The molecule has 166 valence electrons. The van der Waals surface area contributed by atoms with E-state index >= 15 is 0 Å². The van der Waals surface area contributed by atoms with Gasteiger partial charge in [0.25, 0.3) is 5.69 Å². The number of nitro groups is 1. The van der Waals surface area contributed by atoms with Gasteiger partial charge in [0.1, 0.15) is 11.4 Å². The highest BCUT2D eigenvalue weighted by Gasteiger charge is 2.16. The van der Waals surface area contributed by atoms with Crippen LogP contribution in [0.25, 0.3) is 6.08 Å². The fourth-order valence-electron chi connectivity index (χ4n) is 2.86. The quantitative estimate of drug-likeness (QED) is 0.215. The van der Waals surface area contributed by atoms with Crippen molar-refractivity contribution < 1.29 is 23.9 Å². The highest BCUT2D eigenvalue weighted by Crippen LogP contribution is 2.30. The first kappa shape index (κ1) is 23.7. The van der Waals surface area contributed by atoms with E-state index in [0.29, 0.717) is 23.9 Å². The zero-order valence-corrected chi connectivity index (χ0v) is 18.1. The lowest BCUT2D eigenvalue weighted by atomic mass is 10.2. The molecular formula is C23H28N2O6. The van der Waals surface area contributed by atoms with Crippen LogP contribution in [0.15, 0.2) is 42.5 Å². The summed E-state index contributed by atoms with van der Waals surface area (Å²) in [5.41, 5.74) is 0.572. The summed E-state index contributed by atoms with van der Waals surface area (Å²) in [4.78, 5) is 22.9. The predicted molar refractivity (Wildman–Crippen MR) is 120 cm³/mol. The van der Waals surface area contributed by atoms with Crippen molar-refractivity contribution >= 4 is 23.4 Å². The number of rotatable bonds is 12. The van der Waals surface area contributed by atoms with Crippen LogP contribution in [0.4, 0.5) is 11.4 Å². The summed E-state index contributed by atoms with van der Waals surface area (Å²) in [7, 11) is 2.97. The van der Waals surface area contributed by atoms with Crippen LogP contribution < -0.4 is 19.5 Å². The fraction of sp³-hybridized carbons (Fsp3) is 0.348. The number of hydrogen-bond acceptors (Lipinski definition) is 6. The van der Waals surface area contributed by atoms with Crippen molar-refractivity contribution in [2.24, 2.45) is 0 Å². The molecule has 0 saturated carbocycles. The highest BCUT2D eigenvalue weighted by atomic mass is 16.6. The van der Waals surface area contributed by atoms with Crippen molar-refractivity contribution in [1.29, 1.82) is 0 Å². The predicted octanol–water partition coefficient (Wildman–Crippen LogP) is 5.22. The minimum atomic E-state index is -0.576. The number of methoxy groups -OCH3 is 2. The van der Waals surface area contributed by atoms with Gasteiger partial charge in [0.05, 0.1) is 31.8 Å². The first-order chi connectivity index (χ1) is 15.0. The SMILES string of the molecule is CCCCCCOc1ccc(/C=C/C(=O)Nc2ccc(OC)cc2[N+](=O)[O-])cc1OC. The molecular weight excluding hydrogens is 400 g/mol. The molecule has 0 aromatic heterocycles. The third kappa shape index (κ3) is 7.33. The molecule has 0 saturated heterocycles. The maximum Gasteiger partial charge on any atom is 0.296 e. The lowest BCUT2D eigenvalue weighted by Crippen LogP contribution is -2.09. The second-order valence-electron chi connectivity index (χ2n) is 6.78. The number of carbonyl (C=O) groups excluding carboxylic acids is 1. The molecule has 0 heterocycles. The van der Waals surface area contributed by atoms with Gasteiger partial charge in [-0.05, 0) is 42.3 Å². The molecule has 1 N–H and O–H groups in total. The molecule has 2 aromatic carbocycles. The van der Waals surface area contributed by atoms with Crippen LogP contribution >= 0.6 is 0 Å². The van der Waals surface area contributed by atoms with Gasteiger partial charge in [-0.2, -0.15) is 0 Å². The lowest BCUT2D eigenvalue weighted by molar-refractivity contribution is -0.384. The molecule has 0 aliphatic carbocycles. The zero-order chi connectivity index (χ0) is 22.6. The number of nitrogens with one attached hydrogen (secondary N) is 1. The van der Waals surface area contributed by atoms with Gasteiger partial charge in [-0.25, -0.2) is 0 Å². The smallest absolute Gasteiger partial charge is 0.296 e. The Bertz CT molecular complexity index is 926. The Morgan fingerprint density at radius 2 is 1.87 bits per heavy atom. The van der Waals surface area contributed by atoms with Crippen LogP contribution in [0.3, 0.4) is 0 Å². The van der Waals surface area contributed by atoms with Crippen LogP contribution in [-0.2, 0) is 4.79 Å². The van der Waals surface area contributed by atoms with E-state index in [4.69, 9.17) is 14.2 Å². The van der Waals surface area contributed by atoms with Crippen LogP contribution in [0, 0.1) is 10.1 Å². The van der Waals surface area contributed by atoms with E-state index < -0.39 is 10.8 Å². The average molecular weight is 428 g/mol. The Kier molecular flexibility index (Phi) is 9.35. The van der Waals surface area contributed by atoms with E-state index in [1.807, 2.05) is 6.07 Å². The molecule has 0 radical (unpaired) electrons. The molecule has 0 aliphatic rings. The second kappa shape index (κ2) is 12.2. The molecule has 0 atom stereocenters. The van der Waals surface area contributed by atoms with E-state index in [2.05, 4.69) is 12.2 Å². The van der Waals surface area contributed by atoms with E-state index in [1.165, 1.54) is 44.2 Å². The van der Waals surface area contributed by atoms with E-state index in [1.54, 1.807) is 25.3 Å². The van der Waals surface area contributed by atoms with Crippen LogP contribution in [-0.4, -0.2) is 31.7 Å². The van der Waals surface area contributed by atoms with E-state index in [9.17, 15) is 14.9 Å². The molecule has 2 rings (SSSR count). The summed E-state index contributed by atoms with van der Waals surface area (Å²) < 4.78 is 16.2. The monoisotopic (exact) mass is 428 g/mol. The summed E-state index contributed by atoms with van der Waals surface area (Å²) in [6.45, 7) is 2.78. The van der Waals surface area contributed by atoms with Crippen molar-refractivity contribution in [1.82, 2.24) is 0 Å². The van der Waals surface area contributed by atoms with Gasteiger partial charge in [-0.1, -0.05) is 32.3 Å². The molecule has 8 heteroatoms. The van der Waals surface area contributed by atoms with Gasteiger partial charge >= 0.3 is 0 Å². The van der Waals surface area contributed by atoms with E-state index in [-0.39, 0.29) is 11.4 Å². The number of nitro benzene ring substituents is 1. The van der Waals surface area contributed by atoms with Crippen molar-refractivity contribution in [3.05, 3.63) is 58.2 Å². The zero-order valence-electron chi connectivity index (χ0n) is 18.1. The Hall–Kier alpha value is -3.55. The molecule has 1 amide bonds. The summed E-state index contributed by atoms with van der Waals surface area (Å²) in [5, 5.41) is 13.8. The Morgan fingerprint density at radius 1 is 1.06 bits per heavy atom. The molecule has 0 aliphatic heterocycles. The van der Waals surface area contributed by atoms with Crippen LogP contribution in [0.2, 0.25) is 0 Å². The molecule has 0 fully saturated rings. The standard InChI is InChI=1S/C23H28N2O6/c1-4-5-6-7-14-31-21-12-8-17(15-22(21)30-3)9-13-23(26)24-19-11-10-18(29-2)16-20(19)25(27)28/h8-13,15-16H,4-7,14H2,1-3H3,(H,24,26)/b13-9+. The molecule has 0 spiro atoms. The van der Waals surface area contributed by atoms with Gasteiger partial charge in [-0.15, -0.1) is 0 Å². The van der Waals surface area contributed by atoms with Crippen molar-refractivity contribution in [2.75, 3.05) is 26.1 Å². The van der Waals surface area contributed by atoms with Crippen LogP contribution in [0.5, 0.6) is 17.2 Å². The van der Waals surface area contributed by atoms with Gasteiger partial charge in [0.2, 0.25) is 5.91 Å². The number of nitrogens with zero attached hydrogens (tertiary/aromatic N) is 1. The number of anilines is 1. The molecule has 2 aromatic rings. The Labute approximate surface area is 182 Å². The van der Waals surface area contributed by atoms with Gasteiger partial charge in [0.15, 0.2) is 11.5 Å². The molecule has 31 heavy (non-hydrogen) atoms. The molecule has 0 unspecified atom stereocenters. The Balaban J connectivity index is 2.03. The Morgan fingerprint density at radius 3 is 2.55 bits per heavy atom. The van der Waals surface area contributed by atoms with Gasteiger partial charge < -0.3 is 19.5 Å². The maximum atomic E-state index is 12.3. The normalized spacial score (nSPS) is 10.7. The molecule has 0 bridgehead atoms.